The van der Waals surface area contributed by atoms with Crippen molar-refractivity contribution in [3.63, 3.8) is 0 Å². The van der Waals surface area contributed by atoms with Gasteiger partial charge in [-0.1, -0.05) is 47.3 Å². The molecule has 7 heteroatoms. The van der Waals surface area contributed by atoms with Crippen LogP contribution in [0.15, 0.2) is 64.3 Å². The number of hydrogen-bond acceptors (Lipinski definition) is 5. The fourth-order valence-corrected chi connectivity index (χ4v) is 4.71. The van der Waals surface area contributed by atoms with E-state index >= 15 is 0 Å². The normalized spacial score (nSPS) is 13.4. The van der Waals surface area contributed by atoms with E-state index in [-0.39, 0.29) is 5.82 Å². The van der Waals surface area contributed by atoms with E-state index in [1.54, 1.807) is 23.9 Å². The summed E-state index contributed by atoms with van der Waals surface area (Å²) in [5.74, 6) is 2.19. The topological polar surface area (TPSA) is 56.7 Å². The minimum Gasteiger partial charge on any atom is -0.361 e. The minimum absolute atomic E-state index is 0.265. The Labute approximate surface area is 178 Å². The molecule has 30 heavy (non-hydrogen) atoms. The van der Waals surface area contributed by atoms with Gasteiger partial charge >= 0.3 is 0 Å². The van der Waals surface area contributed by atoms with Crippen LogP contribution in [0.2, 0.25) is 0 Å². The molecular formula is C23H21FN4OS. The van der Waals surface area contributed by atoms with Gasteiger partial charge in [-0.2, -0.15) is 0 Å². The Morgan fingerprint density at radius 1 is 0.967 bits per heavy atom. The molecule has 0 fully saturated rings. The Balaban J connectivity index is 1.45. The van der Waals surface area contributed by atoms with Crippen molar-refractivity contribution >= 4 is 11.8 Å². The SMILES string of the molecule is Fc1ccc(-c2nnc(SCc3noc4c3CCCC4)n2Cc2ccccc2)cc1. The predicted molar refractivity (Wildman–Crippen MR) is 114 cm³/mol. The molecule has 1 aliphatic carbocycles. The number of rotatable bonds is 6. The second-order valence-electron chi connectivity index (χ2n) is 7.41. The minimum atomic E-state index is -0.265. The molecule has 0 saturated heterocycles. The van der Waals surface area contributed by atoms with Gasteiger partial charge in [-0.25, -0.2) is 4.39 Å². The number of hydrogen-bond donors (Lipinski definition) is 0. The summed E-state index contributed by atoms with van der Waals surface area (Å²) in [6, 6.07) is 16.6. The quantitative estimate of drug-likeness (QED) is 0.397. The number of fused-ring (bicyclic) bond motifs is 1. The van der Waals surface area contributed by atoms with Crippen molar-refractivity contribution in [3.05, 3.63) is 83.0 Å². The monoisotopic (exact) mass is 420 g/mol. The molecule has 0 atom stereocenters. The highest BCUT2D eigenvalue weighted by Gasteiger charge is 2.21. The molecule has 152 valence electrons. The van der Waals surface area contributed by atoms with Crippen molar-refractivity contribution in [2.45, 2.75) is 43.1 Å². The molecule has 1 aliphatic rings. The van der Waals surface area contributed by atoms with Crippen molar-refractivity contribution in [1.82, 2.24) is 19.9 Å². The fourth-order valence-electron chi connectivity index (χ4n) is 3.81. The molecule has 2 heterocycles. The Morgan fingerprint density at radius 2 is 1.77 bits per heavy atom. The molecule has 0 radical (unpaired) electrons. The maximum Gasteiger partial charge on any atom is 0.192 e. The smallest absolute Gasteiger partial charge is 0.192 e. The van der Waals surface area contributed by atoms with Crippen LogP contribution in [-0.4, -0.2) is 19.9 Å². The maximum absolute atomic E-state index is 13.4. The fraction of sp³-hybridized carbons (Fsp3) is 0.261. The average Bonchev–Trinajstić information content (AvgIpc) is 3.38. The van der Waals surface area contributed by atoms with E-state index in [1.807, 2.05) is 18.2 Å². The van der Waals surface area contributed by atoms with Gasteiger partial charge < -0.3 is 4.52 Å². The van der Waals surface area contributed by atoms with E-state index < -0.39 is 0 Å². The van der Waals surface area contributed by atoms with Crippen molar-refractivity contribution < 1.29 is 8.91 Å². The van der Waals surface area contributed by atoms with E-state index in [2.05, 4.69) is 32.1 Å². The number of aromatic nitrogens is 4. The highest BCUT2D eigenvalue weighted by atomic mass is 32.2. The summed E-state index contributed by atoms with van der Waals surface area (Å²) in [7, 11) is 0. The van der Waals surface area contributed by atoms with E-state index in [0.29, 0.717) is 12.3 Å². The summed E-state index contributed by atoms with van der Waals surface area (Å²) >= 11 is 1.61. The molecule has 2 aromatic carbocycles. The van der Waals surface area contributed by atoms with Crippen LogP contribution in [0.1, 0.15) is 35.4 Å². The number of benzene rings is 2. The second-order valence-corrected chi connectivity index (χ2v) is 8.35. The van der Waals surface area contributed by atoms with Gasteiger partial charge in [0.1, 0.15) is 11.6 Å². The first kappa shape index (κ1) is 19.1. The Hall–Kier alpha value is -2.93. The van der Waals surface area contributed by atoms with Crippen LogP contribution < -0.4 is 0 Å². The Morgan fingerprint density at radius 3 is 2.60 bits per heavy atom. The third kappa shape index (κ3) is 3.89. The van der Waals surface area contributed by atoms with Gasteiger partial charge in [0.2, 0.25) is 0 Å². The van der Waals surface area contributed by atoms with E-state index in [1.165, 1.54) is 30.5 Å². The van der Waals surface area contributed by atoms with Gasteiger partial charge in [0, 0.05) is 23.3 Å². The third-order valence-electron chi connectivity index (χ3n) is 5.37. The second kappa shape index (κ2) is 8.44. The van der Waals surface area contributed by atoms with E-state index in [9.17, 15) is 4.39 Å². The zero-order valence-electron chi connectivity index (χ0n) is 16.4. The maximum atomic E-state index is 13.4. The number of halogens is 1. The van der Waals surface area contributed by atoms with Gasteiger partial charge in [-0.15, -0.1) is 10.2 Å². The molecule has 5 rings (SSSR count). The van der Waals surface area contributed by atoms with E-state index in [0.717, 1.165) is 46.4 Å². The molecule has 2 aromatic heterocycles. The van der Waals surface area contributed by atoms with E-state index in [4.69, 9.17) is 4.52 Å². The highest BCUT2D eigenvalue weighted by molar-refractivity contribution is 7.98. The largest absolute Gasteiger partial charge is 0.361 e. The first-order chi connectivity index (χ1) is 14.8. The first-order valence-corrected chi connectivity index (χ1v) is 11.1. The van der Waals surface area contributed by atoms with Crippen molar-refractivity contribution in [2.75, 3.05) is 0 Å². The van der Waals surface area contributed by atoms with Crippen LogP contribution in [0, 0.1) is 5.82 Å². The first-order valence-electron chi connectivity index (χ1n) is 10.1. The lowest BCUT2D eigenvalue weighted by Crippen LogP contribution is -2.05. The van der Waals surface area contributed by atoms with Crippen molar-refractivity contribution in [3.8, 4) is 11.4 Å². The molecule has 0 bridgehead atoms. The van der Waals surface area contributed by atoms with Crippen LogP contribution >= 0.6 is 11.8 Å². The van der Waals surface area contributed by atoms with Gasteiger partial charge in [0.25, 0.3) is 0 Å². The number of nitrogens with zero attached hydrogens (tertiary/aromatic N) is 4. The molecule has 0 unspecified atom stereocenters. The number of thioether (sulfide) groups is 1. The van der Waals surface area contributed by atoms with Crippen molar-refractivity contribution in [1.29, 1.82) is 0 Å². The molecule has 5 nitrogen and oxygen atoms in total. The molecule has 4 aromatic rings. The summed E-state index contributed by atoms with van der Waals surface area (Å²) in [6.07, 6.45) is 4.37. The van der Waals surface area contributed by atoms with Crippen LogP contribution in [-0.2, 0) is 25.1 Å². The molecule has 0 saturated carbocycles. The Bertz CT molecular complexity index is 1140. The van der Waals surface area contributed by atoms with Crippen LogP contribution in [0.5, 0.6) is 0 Å². The predicted octanol–water partition coefficient (Wildman–Crippen LogP) is 5.29. The van der Waals surface area contributed by atoms with Crippen LogP contribution in [0.25, 0.3) is 11.4 Å². The highest BCUT2D eigenvalue weighted by Crippen LogP contribution is 2.31. The van der Waals surface area contributed by atoms with Crippen LogP contribution in [0.4, 0.5) is 4.39 Å². The molecule has 0 amide bonds. The van der Waals surface area contributed by atoms with Gasteiger partial charge in [0.15, 0.2) is 11.0 Å². The molecule has 0 aliphatic heterocycles. The zero-order valence-corrected chi connectivity index (χ0v) is 17.2. The lowest BCUT2D eigenvalue weighted by Gasteiger charge is -2.11. The van der Waals surface area contributed by atoms with Gasteiger partial charge in [-0.3, -0.25) is 4.57 Å². The third-order valence-corrected chi connectivity index (χ3v) is 6.35. The van der Waals surface area contributed by atoms with Crippen molar-refractivity contribution in [2.24, 2.45) is 0 Å². The summed E-state index contributed by atoms with van der Waals surface area (Å²) in [4.78, 5) is 0. The lowest BCUT2D eigenvalue weighted by atomic mass is 9.97. The summed E-state index contributed by atoms with van der Waals surface area (Å²) in [6.45, 7) is 0.639. The van der Waals surface area contributed by atoms with Gasteiger partial charge in [0.05, 0.1) is 12.2 Å². The average molecular weight is 421 g/mol. The lowest BCUT2D eigenvalue weighted by molar-refractivity contribution is 0.369. The summed E-state index contributed by atoms with van der Waals surface area (Å²) in [5.41, 5.74) is 4.26. The van der Waals surface area contributed by atoms with Gasteiger partial charge in [-0.05, 0) is 49.1 Å². The zero-order chi connectivity index (χ0) is 20.3. The summed E-state index contributed by atoms with van der Waals surface area (Å²) in [5, 5.41) is 14.0. The molecule has 0 N–H and O–H groups in total. The Kier molecular flexibility index (Phi) is 5.36. The standard InChI is InChI=1S/C23H21FN4OS/c24-18-12-10-17(11-13-18)22-25-26-23(28(22)14-16-6-2-1-3-7-16)30-15-20-19-8-4-5-9-21(19)29-27-20/h1-3,6-7,10-13H,4-5,8-9,14-15H2. The number of aryl methyl sites for hydroxylation is 1. The molecule has 0 spiro atoms. The van der Waals surface area contributed by atoms with Crippen LogP contribution in [0.3, 0.4) is 0 Å². The summed E-state index contributed by atoms with van der Waals surface area (Å²) < 4.78 is 21.0. The molecular weight excluding hydrogens is 399 g/mol.